The Balaban J connectivity index is 3.92. The van der Waals surface area contributed by atoms with Crippen LogP contribution in [0, 0.1) is 0 Å². The minimum atomic E-state index is -3.40. The molecule has 0 aliphatic carbocycles. The first kappa shape index (κ1) is 10.8. The van der Waals surface area contributed by atoms with E-state index in [1.165, 1.54) is 0 Å². The van der Waals surface area contributed by atoms with Gasteiger partial charge in [-0.05, 0) is 6.92 Å². The normalized spacial score (nSPS) is 14.8. The second-order valence-electron chi connectivity index (χ2n) is 2.20. The molecule has 0 aliphatic rings. The van der Waals surface area contributed by atoms with Gasteiger partial charge in [0.05, 0.1) is 6.61 Å². The third-order valence-corrected chi connectivity index (χ3v) is 2.35. The van der Waals surface area contributed by atoms with Crippen LogP contribution in [0.2, 0.25) is 0 Å². The van der Waals surface area contributed by atoms with E-state index in [-0.39, 0.29) is 6.61 Å². The average Bonchev–Trinajstić information content (AvgIpc) is 1.86. The summed E-state index contributed by atoms with van der Waals surface area (Å²) in [5.74, 6) is 0. The van der Waals surface area contributed by atoms with Gasteiger partial charge in [0.2, 0.25) is 0 Å². The lowest BCUT2D eigenvalue weighted by Crippen LogP contribution is -2.42. The summed E-state index contributed by atoms with van der Waals surface area (Å²) in [6.07, 6.45) is 0. The quantitative estimate of drug-likeness (QED) is 0.500. The van der Waals surface area contributed by atoms with Crippen LogP contribution in [0.15, 0.2) is 0 Å². The molecule has 0 saturated carbocycles. The molecule has 0 heterocycles. The molecular weight excluding hydrogens is 168 g/mol. The summed E-state index contributed by atoms with van der Waals surface area (Å²) in [7, 11) is -3.40. The molecule has 0 spiro atoms. The highest BCUT2D eigenvalue weighted by Gasteiger charge is 2.10. The number of rotatable bonds is 5. The van der Waals surface area contributed by atoms with Crippen molar-refractivity contribution < 1.29 is 13.5 Å². The van der Waals surface area contributed by atoms with Gasteiger partial charge < -0.3 is 5.11 Å². The third kappa shape index (κ3) is 5.14. The van der Waals surface area contributed by atoms with Crippen molar-refractivity contribution >= 4 is 10.2 Å². The molecule has 3 N–H and O–H groups in total. The molecular formula is C5H14N2O3S. The lowest BCUT2D eigenvalue weighted by molar-refractivity contribution is 0.265. The van der Waals surface area contributed by atoms with Crippen LogP contribution in [0.25, 0.3) is 0 Å². The van der Waals surface area contributed by atoms with Crippen molar-refractivity contribution in [3.63, 3.8) is 0 Å². The van der Waals surface area contributed by atoms with Crippen molar-refractivity contribution in [2.75, 3.05) is 13.2 Å². The highest BCUT2D eigenvalue weighted by molar-refractivity contribution is 7.87. The Kier molecular flexibility index (Phi) is 4.58. The molecule has 0 aliphatic heterocycles. The van der Waals surface area contributed by atoms with Gasteiger partial charge in [0.15, 0.2) is 0 Å². The molecule has 0 aromatic heterocycles. The fourth-order valence-electron chi connectivity index (χ4n) is 0.534. The molecule has 11 heavy (non-hydrogen) atoms. The zero-order valence-electron chi connectivity index (χ0n) is 6.66. The number of aliphatic hydroxyl groups excluding tert-OH is 1. The number of aliphatic hydroxyl groups is 1. The largest absolute Gasteiger partial charge is 0.395 e. The second-order valence-corrected chi connectivity index (χ2v) is 3.73. The summed E-state index contributed by atoms with van der Waals surface area (Å²) < 4.78 is 26.2. The standard InChI is InChI=1S/C5H14N2O3S/c1-3-6-11(9,10)7-5(2)4-8/h5-8H,3-4H2,1-2H3/t5-/m0/s1. The lowest BCUT2D eigenvalue weighted by Gasteiger charge is -2.10. The molecule has 0 saturated heterocycles. The van der Waals surface area contributed by atoms with Gasteiger partial charge in [0, 0.05) is 12.6 Å². The Labute approximate surface area is 67.0 Å². The van der Waals surface area contributed by atoms with Crippen molar-refractivity contribution in [2.45, 2.75) is 19.9 Å². The second kappa shape index (κ2) is 4.66. The smallest absolute Gasteiger partial charge is 0.277 e. The van der Waals surface area contributed by atoms with Crippen molar-refractivity contribution in [2.24, 2.45) is 0 Å². The Hall–Kier alpha value is -0.170. The van der Waals surface area contributed by atoms with Crippen LogP contribution in [-0.4, -0.2) is 32.7 Å². The van der Waals surface area contributed by atoms with Gasteiger partial charge in [-0.3, -0.25) is 0 Å². The molecule has 68 valence electrons. The Morgan fingerprint density at radius 3 is 2.45 bits per heavy atom. The molecule has 0 aromatic rings. The zero-order valence-corrected chi connectivity index (χ0v) is 7.48. The van der Waals surface area contributed by atoms with E-state index in [9.17, 15) is 8.42 Å². The van der Waals surface area contributed by atoms with Gasteiger partial charge in [-0.2, -0.15) is 13.1 Å². The molecule has 0 aromatic carbocycles. The highest BCUT2D eigenvalue weighted by atomic mass is 32.2. The van der Waals surface area contributed by atoms with E-state index in [4.69, 9.17) is 5.11 Å². The summed E-state index contributed by atoms with van der Waals surface area (Å²) in [5.41, 5.74) is 0. The summed E-state index contributed by atoms with van der Waals surface area (Å²) in [6, 6.07) is -0.445. The third-order valence-electron chi connectivity index (χ3n) is 0.965. The SMILES string of the molecule is CCNS(=O)(=O)N[C@@H](C)CO. The minimum absolute atomic E-state index is 0.204. The minimum Gasteiger partial charge on any atom is -0.395 e. The van der Waals surface area contributed by atoms with E-state index in [2.05, 4.69) is 9.44 Å². The first-order chi connectivity index (χ1) is 5.02. The van der Waals surface area contributed by atoms with Crippen molar-refractivity contribution in [1.29, 1.82) is 0 Å². The average molecular weight is 182 g/mol. The Morgan fingerprint density at radius 2 is 2.09 bits per heavy atom. The molecule has 0 radical (unpaired) electrons. The first-order valence-corrected chi connectivity index (χ1v) is 4.88. The van der Waals surface area contributed by atoms with Crippen LogP contribution >= 0.6 is 0 Å². The maximum Gasteiger partial charge on any atom is 0.277 e. The highest BCUT2D eigenvalue weighted by Crippen LogP contribution is 1.82. The summed E-state index contributed by atoms with van der Waals surface area (Å²) in [4.78, 5) is 0. The number of hydrogen-bond acceptors (Lipinski definition) is 3. The Bertz CT molecular complexity index is 190. The predicted octanol–water partition coefficient (Wildman–Crippen LogP) is -1.19. The zero-order chi connectivity index (χ0) is 8.91. The van der Waals surface area contributed by atoms with Crippen molar-refractivity contribution in [1.82, 2.24) is 9.44 Å². The molecule has 0 rings (SSSR count). The van der Waals surface area contributed by atoms with Gasteiger partial charge in [-0.1, -0.05) is 6.92 Å². The van der Waals surface area contributed by atoms with E-state index in [0.29, 0.717) is 6.54 Å². The monoisotopic (exact) mass is 182 g/mol. The van der Waals surface area contributed by atoms with Crippen molar-refractivity contribution in [3.8, 4) is 0 Å². The van der Waals surface area contributed by atoms with E-state index >= 15 is 0 Å². The predicted molar refractivity (Wildman–Crippen MR) is 42.3 cm³/mol. The van der Waals surface area contributed by atoms with Gasteiger partial charge in [0.1, 0.15) is 0 Å². The van der Waals surface area contributed by atoms with E-state index in [1.807, 2.05) is 0 Å². The molecule has 0 unspecified atom stereocenters. The van der Waals surface area contributed by atoms with Crippen LogP contribution in [0.1, 0.15) is 13.8 Å². The lowest BCUT2D eigenvalue weighted by atomic mass is 10.4. The van der Waals surface area contributed by atoms with E-state index < -0.39 is 16.3 Å². The van der Waals surface area contributed by atoms with Gasteiger partial charge in [-0.25, -0.2) is 4.72 Å². The fourth-order valence-corrected chi connectivity index (χ4v) is 1.60. The fraction of sp³-hybridized carbons (Fsp3) is 1.00. The van der Waals surface area contributed by atoms with E-state index in [0.717, 1.165) is 0 Å². The maximum absolute atomic E-state index is 10.9. The topological polar surface area (TPSA) is 78.4 Å². The van der Waals surface area contributed by atoms with Crippen LogP contribution in [-0.2, 0) is 10.2 Å². The molecule has 5 nitrogen and oxygen atoms in total. The summed E-state index contributed by atoms with van der Waals surface area (Å²) in [6.45, 7) is 3.40. The van der Waals surface area contributed by atoms with Crippen LogP contribution in [0.3, 0.4) is 0 Å². The molecule has 1 atom stereocenters. The van der Waals surface area contributed by atoms with Gasteiger partial charge >= 0.3 is 0 Å². The maximum atomic E-state index is 10.9. The van der Waals surface area contributed by atoms with Gasteiger partial charge in [-0.15, -0.1) is 0 Å². The molecule has 0 bridgehead atoms. The van der Waals surface area contributed by atoms with Crippen LogP contribution < -0.4 is 9.44 Å². The number of hydrogen-bond donors (Lipinski definition) is 3. The van der Waals surface area contributed by atoms with Crippen LogP contribution in [0.5, 0.6) is 0 Å². The molecule has 0 fully saturated rings. The van der Waals surface area contributed by atoms with Crippen LogP contribution in [0.4, 0.5) is 0 Å². The molecule has 0 amide bonds. The van der Waals surface area contributed by atoms with Gasteiger partial charge in [0.25, 0.3) is 10.2 Å². The number of nitrogens with one attached hydrogen (secondary N) is 2. The molecule has 6 heteroatoms. The Morgan fingerprint density at radius 1 is 1.55 bits per heavy atom. The first-order valence-electron chi connectivity index (χ1n) is 3.39. The summed E-state index contributed by atoms with van der Waals surface area (Å²) >= 11 is 0. The van der Waals surface area contributed by atoms with Crippen molar-refractivity contribution in [3.05, 3.63) is 0 Å². The summed E-state index contributed by atoms with van der Waals surface area (Å²) in [5, 5.41) is 8.51. The van der Waals surface area contributed by atoms with E-state index in [1.54, 1.807) is 13.8 Å².